The predicted molar refractivity (Wildman–Crippen MR) is 82.4 cm³/mol. The van der Waals surface area contributed by atoms with Crippen molar-refractivity contribution in [2.45, 2.75) is 20.3 Å². The van der Waals surface area contributed by atoms with Crippen LogP contribution in [0, 0.1) is 13.8 Å². The summed E-state index contributed by atoms with van der Waals surface area (Å²) < 4.78 is 5.53. The first kappa shape index (κ1) is 15.0. The van der Waals surface area contributed by atoms with Crippen LogP contribution in [0.1, 0.15) is 16.7 Å². The van der Waals surface area contributed by atoms with E-state index in [9.17, 15) is 4.79 Å². The van der Waals surface area contributed by atoms with Gasteiger partial charge in [-0.25, -0.2) is 0 Å². The highest BCUT2D eigenvalue weighted by Crippen LogP contribution is 2.18. The smallest absolute Gasteiger partial charge is 0.257 e. The van der Waals surface area contributed by atoms with Crippen LogP contribution in [0.3, 0.4) is 0 Å². The molecule has 1 aromatic heterocycles. The second-order valence-electron chi connectivity index (χ2n) is 5.02. The van der Waals surface area contributed by atoms with E-state index in [0.717, 1.165) is 23.3 Å². The van der Waals surface area contributed by atoms with Gasteiger partial charge in [-0.15, -0.1) is 0 Å². The molecule has 4 heteroatoms. The van der Waals surface area contributed by atoms with Gasteiger partial charge in [0, 0.05) is 18.9 Å². The number of amides is 1. The molecule has 4 nitrogen and oxygen atoms in total. The lowest BCUT2D eigenvalue weighted by Crippen LogP contribution is -2.30. The maximum atomic E-state index is 11.7. The van der Waals surface area contributed by atoms with E-state index >= 15 is 0 Å². The van der Waals surface area contributed by atoms with Gasteiger partial charge in [-0.2, -0.15) is 0 Å². The highest BCUT2D eigenvalue weighted by atomic mass is 16.5. The summed E-state index contributed by atoms with van der Waals surface area (Å²) in [7, 11) is 0. The van der Waals surface area contributed by atoms with Crippen molar-refractivity contribution in [3.8, 4) is 5.75 Å². The molecule has 21 heavy (non-hydrogen) atoms. The summed E-state index contributed by atoms with van der Waals surface area (Å²) in [6.45, 7) is 4.63. The van der Waals surface area contributed by atoms with Gasteiger partial charge in [0.25, 0.3) is 5.91 Å². The number of hydrogen-bond acceptors (Lipinski definition) is 3. The molecule has 0 spiro atoms. The molecular weight excluding hydrogens is 264 g/mol. The Hall–Kier alpha value is -2.36. The molecule has 0 bridgehead atoms. The Balaban J connectivity index is 1.72. The fourth-order valence-corrected chi connectivity index (χ4v) is 2.05. The average Bonchev–Trinajstić information content (AvgIpc) is 2.47. The second-order valence-corrected chi connectivity index (χ2v) is 5.02. The molecular formula is C17H20N2O2. The van der Waals surface area contributed by atoms with E-state index in [2.05, 4.69) is 10.3 Å². The molecule has 1 amide bonds. The number of pyridine rings is 1. The van der Waals surface area contributed by atoms with Gasteiger partial charge in [0.05, 0.1) is 0 Å². The second kappa shape index (κ2) is 7.43. The minimum absolute atomic E-state index is 0.0386. The Morgan fingerprint density at radius 2 is 2.14 bits per heavy atom. The molecule has 1 N–H and O–H groups in total. The molecule has 0 aliphatic carbocycles. The number of rotatable bonds is 6. The highest BCUT2D eigenvalue weighted by molar-refractivity contribution is 5.77. The van der Waals surface area contributed by atoms with Crippen LogP contribution in [-0.4, -0.2) is 24.0 Å². The van der Waals surface area contributed by atoms with Gasteiger partial charge in [-0.3, -0.25) is 9.78 Å². The van der Waals surface area contributed by atoms with Crippen molar-refractivity contribution >= 4 is 5.91 Å². The third-order valence-corrected chi connectivity index (χ3v) is 3.15. The summed E-state index contributed by atoms with van der Waals surface area (Å²) in [6, 6.07) is 9.79. The van der Waals surface area contributed by atoms with Gasteiger partial charge in [0.2, 0.25) is 0 Å². The van der Waals surface area contributed by atoms with Crippen molar-refractivity contribution in [3.05, 3.63) is 59.4 Å². The number of nitrogens with one attached hydrogen (secondary N) is 1. The number of ether oxygens (including phenoxy) is 1. The van der Waals surface area contributed by atoms with E-state index in [1.807, 2.05) is 44.2 Å². The maximum Gasteiger partial charge on any atom is 0.257 e. The Bertz CT molecular complexity index is 597. The lowest BCUT2D eigenvalue weighted by atomic mass is 10.1. The van der Waals surface area contributed by atoms with Crippen LogP contribution in [0.15, 0.2) is 42.7 Å². The monoisotopic (exact) mass is 284 g/mol. The average molecular weight is 284 g/mol. The molecule has 0 aliphatic heterocycles. The molecule has 0 saturated carbocycles. The first-order chi connectivity index (χ1) is 10.1. The quantitative estimate of drug-likeness (QED) is 0.886. The van der Waals surface area contributed by atoms with Crippen molar-refractivity contribution in [2.75, 3.05) is 13.2 Å². The van der Waals surface area contributed by atoms with Crippen LogP contribution in [0.5, 0.6) is 5.75 Å². The largest absolute Gasteiger partial charge is 0.484 e. The van der Waals surface area contributed by atoms with Gasteiger partial charge in [-0.1, -0.05) is 23.8 Å². The number of nitrogens with zero attached hydrogens (tertiary/aromatic N) is 1. The Kier molecular flexibility index (Phi) is 5.32. The molecule has 1 aromatic carbocycles. The van der Waals surface area contributed by atoms with Gasteiger partial charge in [-0.05, 0) is 43.5 Å². The zero-order valence-electron chi connectivity index (χ0n) is 12.4. The Morgan fingerprint density at radius 3 is 2.86 bits per heavy atom. The van der Waals surface area contributed by atoms with E-state index in [1.165, 1.54) is 5.56 Å². The van der Waals surface area contributed by atoms with E-state index < -0.39 is 0 Å². The van der Waals surface area contributed by atoms with Crippen LogP contribution < -0.4 is 10.1 Å². The van der Waals surface area contributed by atoms with Gasteiger partial charge < -0.3 is 10.1 Å². The summed E-state index contributed by atoms with van der Waals surface area (Å²) in [6.07, 6.45) is 4.31. The molecule has 1 heterocycles. The zero-order valence-corrected chi connectivity index (χ0v) is 12.4. The van der Waals surface area contributed by atoms with Crippen LogP contribution in [0.2, 0.25) is 0 Å². The van der Waals surface area contributed by atoms with Crippen molar-refractivity contribution in [1.29, 1.82) is 0 Å². The number of hydrogen-bond donors (Lipinski definition) is 1. The van der Waals surface area contributed by atoms with Crippen LogP contribution in [-0.2, 0) is 11.2 Å². The van der Waals surface area contributed by atoms with E-state index in [1.54, 1.807) is 12.4 Å². The molecule has 110 valence electrons. The summed E-state index contributed by atoms with van der Waals surface area (Å²) in [5, 5.41) is 2.84. The number of aryl methyl sites for hydroxylation is 2. The fraction of sp³-hybridized carbons (Fsp3) is 0.294. The zero-order chi connectivity index (χ0) is 15.1. The van der Waals surface area contributed by atoms with Crippen molar-refractivity contribution in [2.24, 2.45) is 0 Å². The first-order valence-electron chi connectivity index (χ1n) is 7.01. The molecule has 0 radical (unpaired) electrons. The summed E-state index contributed by atoms with van der Waals surface area (Å²) >= 11 is 0. The standard InChI is InChI=1S/C17H20N2O2/c1-13-5-6-16(14(2)10-13)21-12-17(20)19-9-7-15-4-3-8-18-11-15/h3-6,8,10-11H,7,9,12H2,1-2H3,(H,19,20). The lowest BCUT2D eigenvalue weighted by molar-refractivity contribution is -0.123. The molecule has 0 aliphatic rings. The first-order valence-corrected chi connectivity index (χ1v) is 7.01. The maximum absolute atomic E-state index is 11.7. The minimum Gasteiger partial charge on any atom is -0.484 e. The van der Waals surface area contributed by atoms with Crippen molar-refractivity contribution < 1.29 is 9.53 Å². The SMILES string of the molecule is Cc1ccc(OCC(=O)NCCc2cccnc2)c(C)c1. The topological polar surface area (TPSA) is 51.2 Å². The minimum atomic E-state index is -0.112. The van der Waals surface area contributed by atoms with Gasteiger partial charge in [0.15, 0.2) is 6.61 Å². The third kappa shape index (κ3) is 4.91. The molecule has 0 atom stereocenters. The molecule has 0 unspecified atom stereocenters. The fourth-order valence-electron chi connectivity index (χ4n) is 2.05. The summed E-state index contributed by atoms with van der Waals surface area (Å²) in [4.78, 5) is 15.8. The molecule has 2 rings (SSSR count). The van der Waals surface area contributed by atoms with E-state index in [4.69, 9.17) is 4.74 Å². The Morgan fingerprint density at radius 1 is 1.29 bits per heavy atom. The summed E-state index contributed by atoms with van der Waals surface area (Å²) in [5.41, 5.74) is 3.33. The lowest BCUT2D eigenvalue weighted by Gasteiger charge is -2.10. The normalized spacial score (nSPS) is 10.2. The number of carbonyl (C=O) groups is 1. The van der Waals surface area contributed by atoms with Crippen molar-refractivity contribution in [1.82, 2.24) is 10.3 Å². The Labute approximate surface area is 125 Å². The number of benzene rings is 1. The highest BCUT2D eigenvalue weighted by Gasteiger charge is 2.04. The predicted octanol–water partition coefficient (Wildman–Crippen LogP) is 2.44. The van der Waals surface area contributed by atoms with Gasteiger partial charge >= 0.3 is 0 Å². The molecule has 0 fully saturated rings. The van der Waals surface area contributed by atoms with Crippen LogP contribution in [0.4, 0.5) is 0 Å². The van der Waals surface area contributed by atoms with Crippen LogP contribution in [0.25, 0.3) is 0 Å². The van der Waals surface area contributed by atoms with E-state index in [-0.39, 0.29) is 12.5 Å². The third-order valence-electron chi connectivity index (χ3n) is 3.15. The number of aromatic nitrogens is 1. The van der Waals surface area contributed by atoms with E-state index in [0.29, 0.717) is 6.54 Å². The van der Waals surface area contributed by atoms with Crippen molar-refractivity contribution in [3.63, 3.8) is 0 Å². The number of carbonyl (C=O) groups excluding carboxylic acids is 1. The molecule has 2 aromatic rings. The summed E-state index contributed by atoms with van der Waals surface area (Å²) in [5.74, 6) is 0.641. The van der Waals surface area contributed by atoms with Crippen LogP contribution >= 0.6 is 0 Å². The molecule has 0 saturated heterocycles. The van der Waals surface area contributed by atoms with Gasteiger partial charge in [0.1, 0.15) is 5.75 Å².